The molecule has 0 saturated carbocycles. The predicted molar refractivity (Wildman–Crippen MR) is 126 cm³/mol. The second-order valence-electron chi connectivity index (χ2n) is 8.68. The molecule has 39 heavy (non-hydrogen) atoms. The van der Waals surface area contributed by atoms with Crippen LogP contribution in [0.2, 0.25) is 0 Å². The van der Waals surface area contributed by atoms with Crippen LogP contribution in [0, 0.1) is 0 Å². The monoisotopic (exact) mass is 560 g/mol. The van der Waals surface area contributed by atoms with Crippen molar-refractivity contribution in [2.24, 2.45) is 0 Å². The van der Waals surface area contributed by atoms with Crippen LogP contribution >= 0.6 is 0 Å². The summed E-state index contributed by atoms with van der Waals surface area (Å²) in [6.45, 7) is 3.77. The van der Waals surface area contributed by atoms with E-state index in [1.54, 1.807) is 0 Å². The van der Waals surface area contributed by atoms with Gasteiger partial charge in [0.15, 0.2) is 0 Å². The fraction of sp³-hybridized carbons (Fsp3) is 0.214. The number of aliphatic hydroxyl groups is 2. The van der Waals surface area contributed by atoms with Gasteiger partial charge in [-0.05, 0) is 64.2 Å². The molecule has 3 aromatic carbocycles. The van der Waals surface area contributed by atoms with Crippen molar-refractivity contribution in [2.75, 3.05) is 0 Å². The van der Waals surface area contributed by atoms with Gasteiger partial charge in [0.25, 0.3) is 0 Å². The van der Waals surface area contributed by atoms with E-state index in [0.29, 0.717) is 0 Å². The standard InChI is InChI=1S/C28H21F9O2/c1-16(25(39)19-6-12-23(13-7-19)28(35,36)37)20(14-17-2-8-21(9-3-17)26(29,30)31)15-24(38)18-4-10-22(11-5-18)27(32,33)34/h2-14,24-25,38-39H,1,15H2/b20-14-/t24-,25-/m0/s1. The molecule has 2 N–H and O–H groups in total. The van der Waals surface area contributed by atoms with Gasteiger partial charge in [-0.2, -0.15) is 39.5 Å². The van der Waals surface area contributed by atoms with Crippen LogP contribution in [-0.4, -0.2) is 10.2 Å². The first kappa shape index (κ1) is 30.0. The minimum atomic E-state index is -4.61. The lowest BCUT2D eigenvalue weighted by Crippen LogP contribution is -2.09. The van der Waals surface area contributed by atoms with Gasteiger partial charge in [0.05, 0.1) is 22.8 Å². The highest BCUT2D eigenvalue weighted by Gasteiger charge is 2.32. The molecule has 0 fully saturated rings. The number of hydrogen-bond acceptors (Lipinski definition) is 2. The quantitative estimate of drug-likeness (QED) is 0.225. The summed E-state index contributed by atoms with van der Waals surface area (Å²) in [6, 6.07) is 11.1. The summed E-state index contributed by atoms with van der Waals surface area (Å²) < 4.78 is 116. The van der Waals surface area contributed by atoms with Crippen molar-refractivity contribution in [2.45, 2.75) is 37.2 Å². The second-order valence-corrected chi connectivity index (χ2v) is 8.68. The number of alkyl halides is 9. The molecule has 0 unspecified atom stereocenters. The van der Waals surface area contributed by atoms with Crippen LogP contribution in [-0.2, 0) is 18.5 Å². The fourth-order valence-corrected chi connectivity index (χ4v) is 3.70. The Bertz CT molecular complexity index is 1300. The van der Waals surface area contributed by atoms with E-state index in [0.717, 1.165) is 72.8 Å². The zero-order valence-electron chi connectivity index (χ0n) is 19.9. The van der Waals surface area contributed by atoms with Crippen LogP contribution in [0.25, 0.3) is 6.08 Å². The molecule has 3 rings (SSSR count). The third kappa shape index (κ3) is 7.73. The normalized spacial score (nSPS) is 14.7. The molecule has 2 nitrogen and oxygen atoms in total. The van der Waals surface area contributed by atoms with Crippen LogP contribution in [0.1, 0.15) is 52.0 Å². The first-order valence-corrected chi connectivity index (χ1v) is 11.2. The summed E-state index contributed by atoms with van der Waals surface area (Å²) in [5.74, 6) is 0. The zero-order valence-corrected chi connectivity index (χ0v) is 19.9. The second kappa shape index (κ2) is 11.3. The van der Waals surface area contributed by atoms with Crippen LogP contribution in [0.5, 0.6) is 0 Å². The van der Waals surface area contributed by atoms with Crippen molar-refractivity contribution in [3.05, 3.63) is 124 Å². The highest BCUT2D eigenvalue weighted by molar-refractivity contribution is 5.60. The average molecular weight is 560 g/mol. The minimum absolute atomic E-state index is 0.0235. The molecule has 0 saturated heterocycles. The van der Waals surface area contributed by atoms with Gasteiger partial charge >= 0.3 is 18.5 Å². The van der Waals surface area contributed by atoms with Crippen molar-refractivity contribution < 1.29 is 49.7 Å². The van der Waals surface area contributed by atoms with E-state index < -0.39 is 47.4 Å². The Balaban J connectivity index is 1.94. The number of halogens is 9. The van der Waals surface area contributed by atoms with Crippen LogP contribution in [0.3, 0.4) is 0 Å². The highest BCUT2D eigenvalue weighted by Crippen LogP contribution is 2.37. The highest BCUT2D eigenvalue weighted by atomic mass is 19.4. The molecule has 0 aromatic heterocycles. The first-order chi connectivity index (χ1) is 18.0. The predicted octanol–water partition coefficient (Wildman–Crippen LogP) is 8.54. The lowest BCUT2D eigenvalue weighted by molar-refractivity contribution is -0.138. The van der Waals surface area contributed by atoms with Crippen molar-refractivity contribution in [1.29, 1.82) is 0 Å². The summed E-state index contributed by atoms with van der Waals surface area (Å²) in [7, 11) is 0. The maximum atomic E-state index is 12.9. The molecule has 0 amide bonds. The first-order valence-electron chi connectivity index (χ1n) is 11.2. The Kier molecular flexibility index (Phi) is 8.66. The molecule has 2 atom stereocenters. The molecule has 0 bridgehead atoms. The molecule has 0 aliphatic rings. The van der Waals surface area contributed by atoms with Gasteiger partial charge in [0.2, 0.25) is 0 Å². The fourth-order valence-electron chi connectivity index (χ4n) is 3.70. The molecular formula is C28H21F9O2. The SMILES string of the molecule is C=C(/C(=C\c1ccc(C(F)(F)F)cc1)C[C@H](O)c1ccc(C(F)(F)F)cc1)[C@H](O)c1ccc(C(F)(F)F)cc1. The molecule has 0 spiro atoms. The van der Waals surface area contributed by atoms with Crippen molar-refractivity contribution in [3.63, 3.8) is 0 Å². The Morgan fingerprint density at radius 3 is 1.36 bits per heavy atom. The van der Waals surface area contributed by atoms with Crippen LogP contribution < -0.4 is 0 Å². The Hall–Kier alpha value is -3.57. The van der Waals surface area contributed by atoms with Crippen LogP contribution in [0.4, 0.5) is 39.5 Å². The van der Waals surface area contributed by atoms with E-state index in [9.17, 15) is 49.7 Å². The number of rotatable bonds is 7. The summed E-state index contributed by atoms with van der Waals surface area (Å²) >= 11 is 0. The molecular weight excluding hydrogens is 539 g/mol. The topological polar surface area (TPSA) is 40.5 Å². The van der Waals surface area contributed by atoms with E-state index in [1.165, 1.54) is 6.08 Å². The molecule has 0 radical (unpaired) electrons. The smallest absolute Gasteiger partial charge is 0.388 e. The molecule has 208 valence electrons. The van der Waals surface area contributed by atoms with Crippen molar-refractivity contribution in [1.82, 2.24) is 0 Å². The lowest BCUT2D eigenvalue weighted by Gasteiger charge is -2.21. The van der Waals surface area contributed by atoms with E-state index >= 15 is 0 Å². The van der Waals surface area contributed by atoms with E-state index in [2.05, 4.69) is 6.58 Å². The maximum absolute atomic E-state index is 12.9. The van der Waals surface area contributed by atoms with Gasteiger partial charge in [0.1, 0.15) is 6.10 Å². The Morgan fingerprint density at radius 2 is 0.974 bits per heavy atom. The molecule has 3 aromatic rings. The molecule has 0 aliphatic carbocycles. The van der Waals surface area contributed by atoms with Crippen molar-refractivity contribution >= 4 is 6.08 Å². The maximum Gasteiger partial charge on any atom is 0.416 e. The van der Waals surface area contributed by atoms with Gasteiger partial charge < -0.3 is 10.2 Å². The third-order valence-corrected chi connectivity index (χ3v) is 5.91. The Morgan fingerprint density at radius 1 is 0.615 bits per heavy atom. The van der Waals surface area contributed by atoms with Crippen LogP contribution in [0.15, 0.2) is 90.5 Å². The summed E-state index contributed by atoms with van der Waals surface area (Å²) in [6.07, 6.45) is -15.8. The van der Waals surface area contributed by atoms with Gasteiger partial charge in [-0.1, -0.05) is 49.1 Å². The van der Waals surface area contributed by atoms with E-state index in [4.69, 9.17) is 0 Å². The van der Waals surface area contributed by atoms with Crippen molar-refractivity contribution in [3.8, 4) is 0 Å². The number of hydrogen-bond donors (Lipinski definition) is 2. The largest absolute Gasteiger partial charge is 0.416 e. The van der Waals surface area contributed by atoms with E-state index in [1.807, 2.05) is 0 Å². The number of aliphatic hydroxyl groups excluding tert-OH is 2. The summed E-state index contributed by atoms with van der Waals surface area (Å²) in [4.78, 5) is 0. The molecule has 0 aliphatic heterocycles. The number of benzene rings is 3. The minimum Gasteiger partial charge on any atom is -0.388 e. The summed E-state index contributed by atoms with van der Waals surface area (Å²) in [5, 5.41) is 21.5. The Labute approximate surface area is 217 Å². The van der Waals surface area contributed by atoms with Gasteiger partial charge in [-0.3, -0.25) is 0 Å². The average Bonchev–Trinajstić information content (AvgIpc) is 2.86. The van der Waals surface area contributed by atoms with E-state index in [-0.39, 0.29) is 34.3 Å². The van der Waals surface area contributed by atoms with Gasteiger partial charge in [0, 0.05) is 6.42 Å². The molecule has 11 heteroatoms. The molecule has 0 heterocycles. The summed E-state index contributed by atoms with van der Waals surface area (Å²) in [5.41, 5.74) is -2.47. The third-order valence-electron chi connectivity index (χ3n) is 5.91. The van der Waals surface area contributed by atoms with Gasteiger partial charge in [-0.25, -0.2) is 0 Å². The zero-order chi connectivity index (χ0) is 29.2. The lowest BCUT2D eigenvalue weighted by atomic mass is 9.89. The van der Waals surface area contributed by atoms with Gasteiger partial charge in [-0.15, -0.1) is 0 Å².